The fourth-order valence-corrected chi connectivity index (χ4v) is 3.22. The van der Waals surface area contributed by atoms with Crippen molar-refractivity contribution in [3.05, 3.63) is 0 Å². The molecule has 0 aliphatic rings. The Labute approximate surface area is 186 Å². The number of nitrogens with one attached hydrogen (secondary N) is 1. The van der Waals surface area contributed by atoms with Crippen LogP contribution in [0.4, 0.5) is 0 Å². The molecular formula is C24H52N2O4. The molecule has 0 aliphatic carbocycles. The molecule has 182 valence electrons. The minimum absolute atomic E-state index is 0.139. The minimum atomic E-state index is -0.724. The van der Waals surface area contributed by atoms with E-state index in [4.69, 9.17) is 15.3 Å². The van der Waals surface area contributed by atoms with Crippen LogP contribution in [0.1, 0.15) is 104 Å². The van der Waals surface area contributed by atoms with E-state index in [0.29, 0.717) is 13.1 Å². The van der Waals surface area contributed by atoms with Crippen LogP contribution in [-0.2, 0) is 4.79 Å². The Balaban J connectivity index is 0. The summed E-state index contributed by atoms with van der Waals surface area (Å²) in [6.45, 7) is 6.34. The molecule has 0 saturated carbocycles. The third kappa shape index (κ3) is 25.3. The van der Waals surface area contributed by atoms with E-state index < -0.39 is 5.97 Å². The van der Waals surface area contributed by atoms with Gasteiger partial charge in [0.15, 0.2) is 0 Å². The van der Waals surface area contributed by atoms with Gasteiger partial charge in [-0.3, -0.25) is 9.69 Å². The maximum atomic E-state index is 10.8. The molecule has 0 aromatic heterocycles. The van der Waals surface area contributed by atoms with E-state index in [2.05, 4.69) is 12.2 Å². The summed E-state index contributed by atoms with van der Waals surface area (Å²) in [6.07, 6.45) is 19.1. The van der Waals surface area contributed by atoms with E-state index in [-0.39, 0.29) is 19.3 Å². The molecule has 4 N–H and O–H groups in total. The van der Waals surface area contributed by atoms with Gasteiger partial charge < -0.3 is 20.6 Å². The van der Waals surface area contributed by atoms with Gasteiger partial charge in [-0.1, -0.05) is 90.4 Å². The second-order valence-corrected chi connectivity index (χ2v) is 8.29. The number of unbranched alkanes of at least 4 members (excludes halogenated alkanes) is 13. The Kier molecular flexibility index (Phi) is 27.7. The zero-order valence-electron chi connectivity index (χ0n) is 20.2. The molecule has 1 unspecified atom stereocenters. The SMILES string of the molecule is CCCCCCCCCCCCCCCCN(C)C(C)C(=O)O.OCCNCCO. The third-order valence-corrected chi connectivity index (χ3v) is 5.46. The predicted molar refractivity (Wildman–Crippen MR) is 127 cm³/mol. The van der Waals surface area contributed by atoms with Gasteiger partial charge >= 0.3 is 5.97 Å². The van der Waals surface area contributed by atoms with Gasteiger partial charge in [0.1, 0.15) is 6.04 Å². The van der Waals surface area contributed by atoms with Gasteiger partial charge in [-0.25, -0.2) is 0 Å². The van der Waals surface area contributed by atoms with Crippen LogP contribution in [0.25, 0.3) is 0 Å². The molecule has 0 rings (SSSR count). The van der Waals surface area contributed by atoms with E-state index in [9.17, 15) is 4.79 Å². The molecule has 0 spiro atoms. The van der Waals surface area contributed by atoms with E-state index in [0.717, 1.165) is 13.0 Å². The molecule has 0 heterocycles. The first-order valence-electron chi connectivity index (χ1n) is 12.4. The van der Waals surface area contributed by atoms with Crippen molar-refractivity contribution in [2.75, 3.05) is 39.9 Å². The summed E-state index contributed by atoms with van der Waals surface area (Å²) < 4.78 is 0. The molecule has 0 bridgehead atoms. The van der Waals surface area contributed by atoms with E-state index in [1.165, 1.54) is 83.5 Å². The summed E-state index contributed by atoms with van der Waals surface area (Å²) in [6, 6.07) is -0.364. The molecular weight excluding hydrogens is 380 g/mol. The lowest BCUT2D eigenvalue weighted by Crippen LogP contribution is -2.36. The molecule has 0 aromatic carbocycles. The first kappa shape index (κ1) is 31.5. The average molecular weight is 433 g/mol. The van der Waals surface area contributed by atoms with Crippen LogP contribution >= 0.6 is 0 Å². The highest BCUT2D eigenvalue weighted by Gasteiger charge is 2.15. The van der Waals surface area contributed by atoms with Crippen molar-refractivity contribution in [3.63, 3.8) is 0 Å². The maximum absolute atomic E-state index is 10.8. The van der Waals surface area contributed by atoms with Gasteiger partial charge in [-0.05, 0) is 26.9 Å². The van der Waals surface area contributed by atoms with Crippen LogP contribution in [0.5, 0.6) is 0 Å². The number of hydrogen-bond acceptors (Lipinski definition) is 5. The van der Waals surface area contributed by atoms with Gasteiger partial charge in [0.2, 0.25) is 0 Å². The fraction of sp³-hybridized carbons (Fsp3) is 0.958. The van der Waals surface area contributed by atoms with Crippen LogP contribution in [0, 0.1) is 0 Å². The van der Waals surface area contributed by atoms with E-state index in [1.54, 1.807) is 6.92 Å². The van der Waals surface area contributed by atoms with Crippen LogP contribution < -0.4 is 5.32 Å². The number of aliphatic hydroxyl groups excluding tert-OH is 2. The maximum Gasteiger partial charge on any atom is 0.320 e. The monoisotopic (exact) mass is 432 g/mol. The zero-order chi connectivity index (χ0) is 22.9. The lowest BCUT2D eigenvalue weighted by Gasteiger charge is -2.20. The largest absolute Gasteiger partial charge is 0.480 e. The second-order valence-electron chi connectivity index (χ2n) is 8.29. The smallest absolute Gasteiger partial charge is 0.320 e. The molecule has 0 aromatic rings. The lowest BCUT2D eigenvalue weighted by molar-refractivity contribution is -0.142. The van der Waals surface area contributed by atoms with Crippen molar-refractivity contribution in [2.24, 2.45) is 0 Å². The summed E-state index contributed by atoms with van der Waals surface area (Å²) in [5, 5.41) is 28.0. The van der Waals surface area contributed by atoms with Gasteiger partial charge in [-0.15, -0.1) is 0 Å². The topological polar surface area (TPSA) is 93.0 Å². The average Bonchev–Trinajstić information content (AvgIpc) is 2.74. The highest BCUT2D eigenvalue weighted by molar-refractivity contribution is 5.72. The summed E-state index contributed by atoms with van der Waals surface area (Å²) >= 11 is 0. The Morgan fingerprint density at radius 2 is 1.13 bits per heavy atom. The molecule has 0 saturated heterocycles. The van der Waals surface area contributed by atoms with Gasteiger partial charge in [0.05, 0.1) is 13.2 Å². The predicted octanol–water partition coefficient (Wildman–Crippen LogP) is 4.43. The molecule has 6 heteroatoms. The lowest BCUT2D eigenvalue weighted by atomic mass is 10.0. The van der Waals surface area contributed by atoms with Crippen LogP contribution in [0.2, 0.25) is 0 Å². The van der Waals surface area contributed by atoms with Crippen LogP contribution in [0.3, 0.4) is 0 Å². The number of carboxylic acids is 1. The minimum Gasteiger partial charge on any atom is -0.480 e. The highest BCUT2D eigenvalue weighted by atomic mass is 16.4. The standard InChI is InChI=1S/C20H41NO2.C4H11NO2/c1-4-5-6-7-8-9-10-11-12-13-14-15-16-17-18-21(3)19(2)20(22)23;6-3-1-5-2-4-7/h19H,4-18H2,1-3H3,(H,22,23);5-7H,1-4H2. The second kappa shape index (κ2) is 26.3. The van der Waals surface area contributed by atoms with Crippen molar-refractivity contribution < 1.29 is 20.1 Å². The third-order valence-electron chi connectivity index (χ3n) is 5.46. The van der Waals surface area contributed by atoms with Crippen LogP contribution in [-0.4, -0.2) is 72.1 Å². The number of likely N-dealkylation sites (N-methyl/N-ethyl adjacent to an activating group) is 1. The quantitative estimate of drug-likeness (QED) is 0.200. The first-order chi connectivity index (χ1) is 14.5. The Morgan fingerprint density at radius 1 is 0.767 bits per heavy atom. The highest BCUT2D eigenvalue weighted by Crippen LogP contribution is 2.13. The number of carboxylic acid groups (broad SMARTS) is 1. The van der Waals surface area contributed by atoms with Crippen molar-refractivity contribution in [1.29, 1.82) is 0 Å². The van der Waals surface area contributed by atoms with E-state index in [1.807, 2.05) is 11.9 Å². The van der Waals surface area contributed by atoms with Crippen molar-refractivity contribution in [2.45, 2.75) is 110 Å². The number of hydrogen-bond donors (Lipinski definition) is 4. The van der Waals surface area contributed by atoms with E-state index >= 15 is 0 Å². The van der Waals surface area contributed by atoms with Gasteiger partial charge in [0, 0.05) is 13.1 Å². The van der Waals surface area contributed by atoms with Crippen molar-refractivity contribution in [3.8, 4) is 0 Å². The number of aliphatic hydroxyl groups is 2. The number of nitrogens with zero attached hydrogens (tertiary/aromatic N) is 1. The number of aliphatic carboxylic acids is 1. The first-order valence-corrected chi connectivity index (χ1v) is 12.4. The number of rotatable bonds is 21. The molecule has 30 heavy (non-hydrogen) atoms. The van der Waals surface area contributed by atoms with Crippen molar-refractivity contribution >= 4 is 5.97 Å². The molecule has 6 nitrogen and oxygen atoms in total. The normalized spacial score (nSPS) is 11.9. The Morgan fingerprint density at radius 3 is 1.47 bits per heavy atom. The molecule has 0 radical (unpaired) electrons. The number of carbonyl (C=O) groups is 1. The van der Waals surface area contributed by atoms with Gasteiger partial charge in [-0.2, -0.15) is 0 Å². The summed E-state index contributed by atoms with van der Waals surface area (Å²) in [5.41, 5.74) is 0. The molecule has 1 atom stereocenters. The Bertz CT molecular complexity index is 339. The molecule has 0 fully saturated rings. The van der Waals surface area contributed by atoms with Gasteiger partial charge in [0.25, 0.3) is 0 Å². The van der Waals surface area contributed by atoms with Crippen molar-refractivity contribution in [1.82, 2.24) is 10.2 Å². The summed E-state index contributed by atoms with van der Waals surface area (Å²) in [4.78, 5) is 12.8. The summed E-state index contributed by atoms with van der Waals surface area (Å²) in [5.74, 6) is -0.724. The Hall–Kier alpha value is -0.690. The summed E-state index contributed by atoms with van der Waals surface area (Å²) in [7, 11) is 1.90. The zero-order valence-corrected chi connectivity index (χ0v) is 20.2. The molecule has 0 aliphatic heterocycles. The fourth-order valence-electron chi connectivity index (χ4n) is 3.22. The van der Waals surface area contributed by atoms with Crippen LogP contribution in [0.15, 0.2) is 0 Å². The molecule has 0 amide bonds.